The van der Waals surface area contributed by atoms with Crippen LogP contribution in [0.2, 0.25) is 5.02 Å². The maximum absolute atomic E-state index is 12.5. The summed E-state index contributed by atoms with van der Waals surface area (Å²) in [6.07, 6.45) is 0.892. The minimum atomic E-state index is -3.46. The summed E-state index contributed by atoms with van der Waals surface area (Å²) in [6, 6.07) is 5.06. The van der Waals surface area contributed by atoms with Crippen molar-refractivity contribution in [2.75, 3.05) is 26.7 Å². The molecule has 0 amide bonds. The van der Waals surface area contributed by atoms with E-state index in [0.29, 0.717) is 24.0 Å². The summed E-state index contributed by atoms with van der Waals surface area (Å²) in [5.41, 5.74) is 0.957. The lowest BCUT2D eigenvalue weighted by Crippen LogP contribution is -2.30. The molecule has 106 valence electrons. The van der Waals surface area contributed by atoms with E-state index < -0.39 is 10.0 Å². The molecule has 0 unspecified atom stereocenters. The number of hydrogen-bond donors (Lipinski definition) is 1. The van der Waals surface area contributed by atoms with Gasteiger partial charge < -0.3 is 5.32 Å². The molecular weight excluding hydrogens is 284 g/mol. The van der Waals surface area contributed by atoms with Crippen LogP contribution >= 0.6 is 11.6 Å². The molecule has 1 aliphatic rings. The fourth-order valence-electron chi connectivity index (χ4n) is 2.42. The zero-order chi connectivity index (χ0) is 14.0. The van der Waals surface area contributed by atoms with Crippen LogP contribution < -0.4 is 5.32 Å². The van der Waals surface area contributed by atoms with Gasteiger partial charge >= 0.3 is 0 Å². The van der Waals surface area contributed by atoms with Gasteiger partial charge in [-0.2, -0.15) is 4.31 Å². The van der Waals surface area contributed by atoms with Crippen molar-refractivity contribution in [3.8, 4) is 0 Å². The summed E-state index contributed by atoms with van der Waals surface area (Å²) in [4.78, 5) is 0.213. The maximum Gasteiger partial charge on any atom is 0.244 e. The quantitative estimate of drug-likeness (QED) is 0.924. The van der Waals surface area contributed by atoms with E-state index in [1.54, 1.807) is 18.2 Å². The van der Waals surface area contributed by atoms with Crippen molar-refractivity contribution in [1.82, 2.24) is 9.62 Å². The normalized spacial score (nSPS) is 20.9. The average molecular weight is 303 g/mol. The number of hydrogen-bond acceptors (Lipinski definition) is 3. The van der Waals surface area contributed by atoms with Crippen molar-refractivity contribution in [2.24, 2.45) is 5.92 Å². The summed E-state index contributed by atoms with van der Waals surface area (Å²) in [6.45, 7) is 3.86. The van der Waals surface area contributed by atoms with Crippen LogP contribution in [0.15, 0.2) is 23.1 Å². The zero-order valence-corrected chi connectivity index (χ0v) is 12.8. The van der Waals surface area contributed by atoms with Gasteiger partial charge in [0.25, 0.3) is 0 Å². The summed E-state index contributed by atoms with van der Waals surface area (Å²) < 4.78 is 26.6. The first kappa shape index (κ1) is 14.8. The molecule has 1 N–H and O–H groups in total. The second-order valence-electron chi connectivity index (χ2n) is 5.01. The molecule has 0 spiro atoms. The predicted octanol–water partition coefficient (Wildman–Crippen LogP) is 1.88. The van der Waals surface area contributed by atoms with Crippen molar-refractivity contribution in [1.29, 1.82) is 0 Å². The fraction of sp³-hybridized carbons (Fsp3) is 0.538. The summed E-state index contributed by atoms with van der Waals surface area (Å²) in [5, 5.41) is 3.40. The Morgan fingerprint density at radius 3 is 2.84 bits per heavy atom. The topological polar surface area (TPSA) is 49.4 Å². The second kappa shape index (κ2) is 5.79. The third-order valence-corrected chi connectivity index (χ3v) is 5.79. The number of nitrogens with one attached hydrogen (secondary N) is 1. The Morgan fingerprint density at radius 2 is 2.21 bits per heavy atom. The van der Waals surface area contributed by atoms with Crippen molar-refractivity contribution in [3.05, 3.63) is 28.8 Å². The van der Waals surface area contributed by atoms with Gasteiger partial charge in [-0.1, -0.05) is 17.7 Å². The molecule has 0 saturated carbocycles. The highest BCUT2D eigenvalue weighted by Gasteiger charge is 2.33. The van der Waals surface area contributed by atoms with Crippen molar-refractivity contribution in [2.45, 2.75) is 18.2 Å². The molecule has 0 aromatic heterocycles. The Bertz CT molecular complexity index is 560. The lowest BCUT2D eigenvalue weighted by molar-refractivity contribution is 0.451. The second-order valence-corrected chi connectivity index (χ2v) is 7.32. The van der Waals surface area contributed by atoms with Crippen LogP contribution in [0.5, 0.6) is 0 Å². The highest BCUT2D eigenvalue weighted by molar-refractivity contribution is 7.89. The van der Waals surface area contributed by atoms with Crippen LogP contribution in [-0.4, -0.2) is 39.4 Å². The predicted molar refractivity (Wildman–Crippen MR) is 77.0 cm³/mol. The highest BCUT2D eigenvalue weighted by atomic mass is 35.5. The first-order valence-electron chi connectivity index (χ1n) is 6.36. The molecule has 1 aliphatic heterocycles. The van der Waals surface area contributed by atoms with Gasteiger partial charge in [0.2, 0.25) is 10.0 Å². The molecule has 0 bridgehead atoms. The molecule has 1 heterocycles. The minimum absolute atomic E-state index is 0.213. The van der Waals surface area contributed by atoms with Crippen LogP contribution in [-0.2, 0) is 10.0 Å². The van der Waals surface area contributed by atoms with Crippen molar-refractivity contribution >= 4 is 21.6 Å². The molecular formula is C13H19ClN2O2S. The molecule has 6 heteroatoms. The van der Waals surface area contributed by atoms with Crippen molar-refractivity contribution in [3.63, 3.8) is 0 Å². The van der Waals surface area contributed by atoms with E-state index in [1.807, 2.05) is 14.0 Å². The maximum atomic E-state index is 12.5. The van der Waals surface area contributed by atoms with Gasteiger partial charge in [0.15, 0.2) is 0 Å². The van der Waals surface area contributed by atoms with E-state index in [9.17, 15) is 8.42 Å². The van der Waals surface area contributed by atoms with E-state index in [0.717, 1.165) is 18.5 Å². The standard InChI is InChI=1S/C13H19ClN2O2S/c1-10-3-4-13(12(14)7-10)19(17,18)16-6-5-11(9-16)8-15-2/h3-4,7,11,15H,5-6,8-9H2,1-2H3/t11-/m0/s1. The third kappa shape index (κ3) is 3.11. The number of aryl methyl sites for hydroxylation is 1. The molecule has 1 aromatic carbocycles. The van der Waals surface area contributed by atoms with Gasteiger partial charge in [0.05, 0.1) is 5.02 Å². The van der Waals surface area contributed by atoms with Gasteiger partial charge in [-0.3, -0.25) is 0 Å². The molecule has 1 aromatic rings. The minimum Gasteiger partial charge on any atom is -0.319 e. The van der Waals surface area contributed by atoms with E-state index in [-0.39, 0.29) is 4.90 Å². The SMILES string of the molecule is CNC[C@@H]1CCN(S(=O)(=O)c2ccc(C)cc2Cl)C1. The van der Waals surface area contributed by atoms with Gasteiger partial charge in [-0.25, -0.2) is 8.42 Å². The van der Waals surface area contributed by atoms with Crippen LogP contribution in [0, 0.1) is 12.8 Å². The van der Waals surface area contributed by atoms with Crippen LogP contribution in [0.1, 0.15) is 12.0 Å². The van der Waals surface area contributed by atoms with E-state index >= 15 is 0 Å². The fourth-order valence-corrected chi connectivity index (χ4v) is 4.53. The summed E-state index contributed by atoms with van der Waals surface area (Å²) >= 11 is 6.07. The summed E-state index contributed by atoms with van der Waals surface area (Å²) in [5.74, 6) is 0.379. The van der Waals surface area contributed by atoms with Crippen LogP contribution in [0.3, 0.4) is 0 Å². The first-order valence-corrected chi connectivity index (χ1v) is 8.18. The molecule has 19 heavy (non-hydrogen) atoms. The molecule has 2 rings (SSSR count). The number of sulfonamides is 1. The van der Waals surface area contributed by atoms with Gasteiger partial charge in [0.1, 0.15) is 4.90 Å². The lowest BCUT2D eigenvalue weighted by Gasteiger charge is -2.17. The summed E-state index contributed by atoms with van der Waals surface area (Å²) in [7, 11) is -1.58. The number of nitrogens with zero attached hydrogens (tertiary/aromatic N) is 1. The Balaban J connectivity index is 2.23. The lowest BCUT2D eigenvalue weighted by atomic mass is 10.1. The Kier molecular flexibility index (Phi) is 4.50. The molecule has 0 radical (unpaired) electrons. The first-order chi connectivity index (χ1) is 8.95. The largest absolute Gasteiger partial charge is 0.319 e. The number of halogens is 1. The van der Waals surface area contributed by atoms with Crippen molar-refractivity contribution < 1.29 is 8.42 Å². The smallest absolute Gasteiger partial charge is 0.244 e. The molecule has 1 atom stereocenters. The van der Waals surface area contributed by atoms with Crippen LogP contribution in [0.25, 0.3) is 0 Å². The van der Waals surface area contributed by atoms with E-state index in [1.165, 1.54) is 4.31 Å². The van der Waals surface area contributed by atoms with Crippen LogP contribution in [0.4, 0.5) is 0 Å². The molecule has 4 nitrogen and oxygen atoms in total. The Hall–Kier alpha value is -0.620. The van der Waals surface area contributed by atoms with Gasteiger partial charge in [0, 0.05) is 13.1 Å². The third-order valence-electron chi connectivity index (χ3n) is 3.45. The van der Waals surface area contributed by atoms with E-state index in [4.69, 9.17) is 11.6 Å². The number of rotatable bonds is 4. The van der Waals surface area contributed by atoms with Gasteiger partial charge in [-0.15, -0.1) is 0 Å². The Morgan fingerprint density at radius 1 is 1.47 bits per heavy atom. The highest BCUT2D eigenvalue weighted by Crippen LogP contribution is 2.29. The van der Waals surface area contributed by atoms with E-state index in [2.05, 4.69) is 5.32 Å². The monoisotopic (exact) mass is 302 g/mol. The number of benzene rings is 1. The Labute approximate surface area is 119 Å². The molecule has 1 fully saturated rings. The molecule has 0 aliphatic carbocycles. The zero-order valence-electron chi connectivity index (χ0n) is 11.2. The average Bonchev–Trinajstić information content (AvgIpc) is 2.78. The van der Waals surface area contributed by atoms with Gasteiger partial charge in [-0.05, 0) is 50.6 Å². The molecule has 1 saturated heterocycles.